The zero-order chi connectivity index (χ0) is 21.0. The molecule has 5 aliphatic rings. The molecule has 0 aromatic rings. The first kappa shape index (κ1) is 20.8. The number of hydrogen-bond acceptors (Lipinski definition) is 3. The Kier molecular flexibility index (Phi) is 5.39. The van der Waals surface area contributed by atoms with Gasteiger partial charge < -0.3 is 9.53 Å². The summed E-state index contributed by atoms with van der Waals surface area (Å²) in [5.74, 6) is 5.92. The fourth-order valence-corrected chi connectivity index (χ4v) is 9.54. The van der Waals surface area contributed by atoms with Crippen molar-refractivity contribution in [2.24, 2.45) is 52.8 Å². The highest BCUT2D eigenvalue weighted by atomic mass is 16.5. The van der Waals surface area contributed by atoms with Crippen LogP contribution in [0.25, 0.3) is 0 Å². The van der Waals surface area contributed by atoms with Crippen molar-refractivity contribution in [1.29, 1.82) is 0 Å². The van der Waals surface area contributed by atoms with Gasteiger partial charge in [0.15, 0.2) is 0 Å². The van der Waals surface area contributed by atoms with E-state index >= 15 is 0 Å². The zero-order valence-electron chi connectivity index (χ0n) is 19.0. The molecule has 0 aliphatic heterocycles. The van der Waals surface area contributed by atoms with Gasteiger partial charge in [-0.3, -0.25) is 4.79 Å². The number of esters is 1. The third-order valence-corrected chi connectivity index (χ3v) is 10.5. The van der Waals surface area contributed by atoms with Crippen molar-refractivity contribution in [3.63, 3.8) is 0 Å². The van der Waals surface area contributed by atoms with Crippen molar-refractivity contribution >= 4 is 12.3 Å². The summed E-state index contributed by atoms with van der Waals surface area (Å²) in [6.07, 6.45) is 15.0. The van der Waals surface area contributed by atoms with Crippen LogP contribution in [0.4, 0.5) is 0 Å². The molecular weight excluding hydrogens is 372 g/mol. The van der Waals surface area contributed by atoms with E-state index in [1.165, 1.54) is 56.8 Å². The molecule has 0 N–H and O–H groups in total. The van der Waals surface area contributed by atoms with Gasteiger partial charge in [0.25, 0.3) is 0 Å². The summed E-state index contributed by atoms with van der Waals surface area (Å²) in [4.78, 5) is 23.7. The minimum atomic E-state index is -0.114. The standard InChI is InChI=1S/C27H40O3/c1-16(2)20-10-12-27(15-28)13-11-24-23-6-4-18-14-19(30-17(3)29)5-7-21(18)22(23)8-9-25(24)26(20)27/h15,18-26H,1,4-14H2,2-3H3/t18-,19-,20-,21-,22+,23+,24-,25-,26+,27+/m0/s1. The quantitative estimate of drug-likeness (QED) is 0.326. The highest BCUT2D eigenvalue weighted by Crippen LogP contribution is 2.65. The van der Waals surface area contributed by atoms with Crippen LogP contribution < -0.4 is 0 Å². The molecule has 0 bridgehead atoms. The summed E-state index contributed by atoms with van der Waals surface area (Å²) in [5, 5.41) is 0. The van der Waals surface area contributed by atoms with Crippen LogP contribution in [-0.4, -0.2) is 18.4 Å². The average Bonchev–Trinajstić information content (AvgIpc) is 3.13. The van der Waals surface area contributed by atoms with Crippen molar-refractivity contribution in [3.8, 4) is 0 Å². The summed E-state index contributed by atoms with van der Waals surface area (Å²) in [5.41, 5.74) is 1.27. The smallest absolute Gasteiger partial charge is 0.302 e. The molecule has 0 radical (unpaired) electrons. The molecule has 5 saturated carbocycles. The van der Waals surface area contributed by atoms with Crippen LogP contribution in [0.1, 0.15) is 84.5 Å². The Morgan fingerprint density at radius 3 is 2.23 bits per heavy atom. The van der Waals surface area contributed by atoms with Crippen LogP contribution in [-0.2, 0) is 14.3 Å². The average molecular weight is 413 g/mol. The maximum Gasteiger partial charge on any atom is 0.302 e. The number of ether oxygens (including phenoxy) is 1. The van der Waals surface area contributed by atoms with Crippen molar-refractivity contribution in [1.82, 2.24) is 0 Å². The molecule has 0 aromatic heterocycles. The number of allylic oxidation sites excluding steroid dienone is 1. The lowest BCUT2D eigenvalue weighted by atomic mass is 9.46. The minimum Gasteiger partial charge on any atom is -0.463 e. The predicted molar refractivity (Wildman–Crippen MR) is 118 cm³/mol. The van der Waals surface area contributed by atoms with Gasteiger partial charge in [0.2, 0.25) is 0 Å². The number of aldehydes is 1. The molecule has 166 valence electrons. The Hall–Kier alpha value is -1.12. The molecule has 0 amide bonds. The van der Waals surface area contributed by atoms with Gasteiger partial charge in [-0.15, -0.1) is 0 Å². The summed E-state index contributed by atoms with van der Waals surface area (Å²) in [7, 11) is 0. The van der Waals surface area contributed by atoms with Gasteiger partial charge in [-0.05, 0) is 125 Å². The van der Waals surface area contributed by atoms with E-state index < -0.39 is 0 Å². The Morgan fingerprint density at radius 2 is 1.50 bits per heavy atom. The monoisotopic (exact) mass is 412 g/mol. The molecule has 5 rings (SSSR count). The minimum absolute atomic E-state index is 0.0447. The maximum absolute atomic E-state index is 12.3. The van der Waals surface area contributed by atoms with Gasteiger partial charge in [-0.25, -0.2) is 0 Å². The summed E-state index contributed by atoms with van der Waals surface area (Å²) < 4.78 is 5.59. The number of hydrogen-bond donors (Lipinski definition) is 0. The summed E-state index contributed by atoms with van der Waals surface area (Å²) in [6.45, 7) is 8.09. The molecule has 3 heteroatoms. The van der Waals surface area contributed by atoms with Crippen LogP contribution in [0.5, 0.6) is 0 Å². The van der Waals surface area contributed by atoms with Crippen LogP contribution in [0.2, 0.25) is 0 Å². The van der Waals surface area contributed by atoms with E-state index in [1.807, 2.05) is 0 Å². The molecular formula is C27H40O3. The lowest BCUT2D eigenvalue weighted by Gasteiger charge is -2.58. The largest absolute Gasteiger partial charge is 0.463 e. The molecule has 0 saturated heterocycles. The van der Waals surface area contributed by atoms with Crippen LogP contribution >= 0.6 is 0 Å². The first-order chi connectivity index (χ1) is 14.4. The highest BCUT2D eigenvalue weighted by Gasteiger charge is 2.59. The van der Waals surface area contributed by atoms with E-state index in [-0.39, 0.29) is 17.5 Å². The fourth-order valence-electron chi connectivity index (χ4n) is 9.54. The maximum atomic E-state index is 12.3. The molecule has 30 heavy (non-hydrogen) atoms. The first-order valence-corrected chi connectivity index (χ1v) is 12.7. The number of carbonyl (C=O) groups is 2. The fraction of sp³-hybridized carbons (Fsp3) is 0.852. The number of fused-ring (bicyclic) bond motifs is 7. The second-order valence-corrected chi connectivity index (χ2v) is 11.7. The van der Waals surface area contributed by atoms with Crippen LogP contribution in [0.3, 0.4) is 0 Å². The van der Waals surface area contributed by atoms with E-state index in [4.69, 9.17) is 4.74 Å². The SMILES string of the molecule is C=C(C)[C@@H]1CC[C@]2(C=O)CC[C@H]3[C@@H]4CC[C@H]5C[C@@H](OC(C)=O)CC[C@@H]5[C@H]4CC[C@@H]3[C@@H]12. The summed E-state index contributed by atoms with van der Waals surface area (Å²) >= 11 is 0. The van der Waals surface area contributed by atoms with Crippen molar-refractivity contribution < 1.29 is 14.3 Å². The normalized spacial score (nSPS) is 49.7. The van der Waals surface area contributed by atoms with Crippen LogP contribution in [0.15, 0.2) is 12.2 Å². The van der Waals surface area contributed by atoms with Crippen molar-refractivity contribution in [2.75, 3.05) is 0 Å². The molecule has 5 aliphatic carbocycles. The van der Waals surface area contributed by atoms with Gasteiger partial charge >= 0.3 is 5.97 Å². The second-order valence-electron chi connectivity index (χ2n) is 11.7. The molecule has 5 fully saturated rings. The Morgan fingerprint density at radius 1 is 0.867 bits per heavy atom. The third-order valence-electron chi connectivity index (χ3n) is 10.5. The predicted octanol–water partition coefficient (Wildman–Crippen LogP) is 5.97. The van der Waals surface area contributed by atoms with E-state index in [0.717, 1.165) is 61.2 Å². The van der Waals surface area contributed by atoms with E-state index in [0.29, 0.717) is 11.8 Å². The van der Waals surface area contributed by atoms with Gasteiger partial charge in [0.1, 0.15) is 12.4 Å². The van der Waals surface area contributed by atoms with E-state index in [1.54, 1.807) is 6.92 Å². The molecule has 0 spiro atoms. The Bertz CT molecular complexity index is 713. The summed E-state index contributed by atoms with van der Waals surface area (Å²) in [6, 6.07) is 0. The Labute approximate surface area is 182 Å². The van der Waals surface area contributed by atoms with Crippen molar-refractivity contribution in [2.45, 2.75) is 90.6 Å². The third kappa shape index (κ3) is 3.21. The van der Waals surface area contributed by atoms with Gasteiger partial charge in [-0.1, -0.05) is 12.2 Å². The van der Waals surface area contributed by atoms with E-state index in [9.17, 15) is 9.59 Å². The lowest BCUT2D eigenvalue weighted by molar-refractivity contribution is -0.152. The van der Waals surface area contributed by atoms with Gasteiger partial charge in [0, 0.05) is 12.3 Å². The van der Waals surface area contributed by atoms with E-state index in [2.05, 4.69) is 13.5 Å². The first-order valence-electron chi connectivity index (χ1n) is 12.7. The van der Waals surface area contributed by atoms with Gasteiger partial charge in [-0.2, -0.15) is 0 Å². The lowest BCUT2D eigenvalue weighted by Crippen LogP contribution is -2.52. The second kappa shape index (κ2) is 7.78. The Balaban J connectivity index is 1.34. The van der Waals surface area contributed by atoms with Gasteiger partial charge in [0.05, 0.1) is 0 Å². The van der Waals surface area contributed by atoms with Crippen LogP contribution in [0, 0.1) is 52.8 Å². The van der Waals surface area contributed by atoms with Crippen molar-refractivity contribution in [3.05, 3.63) is 12.2 Å². The number of carbonyl (C=O) groups excluding carboxylic acids is 2. The zero-order valence-corrected chi connectivity index (χ0v) is 19.0. The topological polar surface area (TPSA) is 43.4 Å². The molecule has 0 aromatic carbocycles. The molecule has 0 unspecified atom stereocenters. The number of rotatable bonds is 3. The molecule has 0 heterocycles. The highest BCUT2D eigenvalue weighted by molar-refractivity contribution is 5.66. The molecule has 10 atom stereocenters. The molecule has 3 nitrogen and oxygen atoms in total.